The molecule has 0 radical (unpaired) electrons. The lowest BCUT2D eigenvalue weighted by Gasteiger charge is -2.02. The molecule has 0 atom stereocenters. The Kier molecular flexibility index (Phi) is 3.74. The highest BCUT2D eigenvalue weighted by molar-refractivity contribution is 7.99. The van der Waals surface area contributed by atoms with Crippen molar-refractivity contribution in [2.24, 2.45) is 0 Å². The van der Waals surface area contributed by atoms with Crippen LogP contribution in [0, 0.1) is 13.8 Å². The van der Waals surface area contributed by atoms with Crippen LogP contribution in [0.25, 0.3) is 22.4 Å². The molecule has 2 aromatic carbocycles. The lowest BCUT2D eigenvalue weighted by atomic mass is 10.1. The van der Waals surface area contributed by atoms with Crippen LogP contribution in [0.1, 0.15) is 11.1 Å². The average Bonchev–Trinajstić information content (AvgIpc) is 3.05. The Bertz CT molecular complexity index is 1010. The molecule has 0 fully saturated rings. The second-order valence-corrected chi connectivity index (χ2v) is 6.48. The van der Waals surface area contributed by atoms with Gasteiger partial charge in [-0.05, 0) is 49.9 Å². The Labute approximate surface area is 143 Å². The van der Waals surface area contributed by atoms with Gasteiger partial charge >= 0.3 is 0 Å². The highest BCUT2D eigenvalue weighted by atomic mass is 32.2. The molecular weight excluding hydrogens is 320 g/mol. The largest absolute Gasteiger partial charge is 0.411 e. The third-order valence-corrected chi connectivity index (χ3v) is 4.50. The third kappa shape index (κ3) is 2.88. The van der Waals surface area contributed by atoms with Crippen LogP contribution in [0.4, 0.5) is 0 Å². The Morgan fingerprint density at radius 1 is 0.875 bits per heavy atom. The number of rotatable bonds is 3. The third-order valence-electron chi connectivity index (χ3n) is 3.64. The summed E-state index contributed by atoms with van der Waals surface area (Å²) in [6.45, 7) is 4.09. The van der Waals surface area contributed by atoms with Gasteiger partial charge in [-0.3, -0.25) is 0 Å². The van der Waals surface area contributed by atoms with E-state index in [4.69, 9.17) is 4.42 Å². The van der Waals surface area contributed by atoms with E-state index in [1.165, 1.54) is 17.3 Å². The minimum absolute atomic E-state index is 0.465. The van der Waals surface area contributed by atoms with E-state index < -0.39 is 0 Å². The van der Waals surface area contributed by atoms with E-state index in [9.17, 15) is 0 Å². The second-order valence-electron chi connectivity index (χ2n) is 5.54. The standard InChI is InChI=1S/C18H14N4OS/c1-11-3-6-13(7-4-11)16-21-22-18(23-16)24-17-14-9-12(2)5-8-15(14)19-10-20-17/h3-10H,1-2H3. The number of benzene rings is 2. The van der Waals surface area contributed by atoms with Gasteiger partial charge in [0.05, 0.1) is 5.52 Å². The summed E-state index contributed by atoms with van der Waals surface area (Å²) in [5.74, 6) is 0.507. The van der Waals surface area contributed by atoms with Crippen LogP contribution in [0.5, 0.6) is 0 Å². The van der Waals surface area contributed by atoms with Crippen molar-refractivity contribution < 1.29 is 4.42 Å². The summed E-state index contributed by atoms with van der Waals surface area (Å²) in [5.41, 5.74) is 4.15. The zero-order valence-electron chi connectivity index (χ0n) is 13.2. The first-order valence-corrected chi connectivity index (χ1v) is 8.30. The van der Waals surface area contributed by atoms with E-state index in [0.29, 0.717) is 11.1 Å². The lowest BCUT2D eigenvalue weighted by Crippen LogP contribution is -1.87. The number of fused-ring (bicyclic) bond motifs is 1. The molecule has 24 heavy (non-hydrogen) atoms. The summed E-state index contributed by atoms with van der Waals surface area (Å²) >= 11 is 1.35. The first kappa shape index (κ1) is 14.8. The maximum Gasteiger partial charge on any atom is 0.283 e. The molecule has 0 N–H and O–H groups in total. The Balaban J connectivity index is 1.67. The van der Waals surface area contributed by atoms with Crippen molar-refractivity contribution in [3.63, 3.8) is 0 Å². The molecule has 0 unspecified atom stereocenters. The van der Waals surface area contributed by atoms with E-state index in [0.717, 1.165) is 27.1 Å². The highest BCUT2D eigenvalue weighted by Crippen LogP contribution is 2.32. The molecule has 2 aromatic heterocycles. The molecule has 0 amide bonds. The highest BCUT2D eigenvalue weighted by Gasteiger charge is 2.13. The lowest BCUT2D eigenvalue weighted by molar-refractivity contribution is 0.465. The molecule has 0 aliphatic heterocycles. The van der Waals surface area contributed by atoms with Gasteiger partial charge in [-0.15, -0.1) is 10.2 Å². The Morgan fingerprint density at radius 3 is 2.50 bits per heavy atom. The minimum Gasteiger partial charge on any atom is -0.411 e. The maximum absolute atomic E-state index is 5.77. The number of aromatic nitrogens is 4. The van der Waals surface area contributed by atoms with Gasteiger partial charge in [-0.2, -0.15) is 0 Å². The molecule has 0 aliphatic carbocycles. The van der Waals surface area contributed by atoms with Gasteiger partial charge < -0.3 is 4.42 Å². The van der Waals surface area contributed by atoms with Crippen LogP contribution in [-0.4, -0.2) is 20.2 Å². The van der Waals surface area contributed by atoms with Crippen LogP contribution >= 0.6 is 11.8 Å². The van der Waals surface area contributed by atoms with Crippen LogP contribution in [0.2, 0.25) is 0 Å². The summed E-state index contributed by atoms with van der Waals surface area (Å²) in [7, 11) is 0. The number of aryl methyl sites for hydroxylation is 2. The van der Waals surface area contributed by atoms with Crippen molar-refractivity contribution in [3.8, 4) is 11.5 Å². The molecule has 6 heteroatoms. The quantitative estimate of drug-likeness (QED) is 0.516. The molecule has 4 rings (SSSR count). The molecular formula is C18H14N4OS. The van der Waals surface area contributed by atoms with Crippen molar-refractivity contribution in [1.29, 1.82) is 0 Å². The summed E-state index contributed by atoms with van der Waals surface area (Å²) in [6.07, 6.45) is 1.55. The van der Waals surface area contributed by atoms with E-state index in [-0.39, 0.29) is 0 Å². The van der Waals surface area contributed by atoms with Crippen molar-refractivity contribution in [2.75, 3.05) is 0 Å². The minimum atomic E-state index is 0.465. The molecule has 0 saturated heterocycles. The molecule has 118 valence electrons. The molecule has 4 aromatic rings. The van der Waals surface area contributed by atoms with Gasteiger partial charge in [0.15, 0.2) is 0 Å². The maximum atomic E-state index is 5.77. The Hall–Kier alpha value is -2.73. The first-order chi connectivity index (χ1) is 11.7. The number of hydrogen-bond acceptors (Lipinski definition) is 6. The predicted molar refractivity (Wildman–Crippen MR) is 92.9 cm³/mol. The van der Waals surface area contributed by atoms with Gasteiger partial charge in [0.1, 0.15) is 11.4 Å². The fourth-order valence-electron chi connectivity index (χ4n) is 2.37. The van der Waals surface area contributed by atoms with Gasteiger partial charge in [-0.25, -0.2) is 9.97 Å². The van der Waals surface area contributed by atoms with Gasteiger partial charge in [0.25, 0.3) is 5.22 Å². The van der Waals surface area contributed by atoms with Crippen molar-refractivity contribution in [1.82, 2.24) is 20.2 Å². The normalized spacial score (nSPS) is 11.1. The molecule has 0 spiro atoms. The fraction of sp³-hybridized carbons (Fsp3) is 0.111. The zero-order chi connectivity index (χ0) is 16.5. The van der Waals surface area contributed by atoms with Crippen LogP contribution in [-0.2, 0) is 0 Å². The van der Waals surface area contributed by atoms with Crippen LogP contribution < -0.4 is 0 Å². The van der Waals surface area contributed by atoms with Gasteiger partial charge in [0.2, 0.25) is 5.89 Å². The summed E-state index contributed by atoms with van der Waals surface area (Å²) in [4.78, 5) is 8.66. The monoisotopic (exact) mass is 334 g/mol. The van der Waals surface area contributed by atoms with Gasteiger partial charge in [-0.1, -0.05) is 29.3 Å². The van der Waals surface area contributed by atoms with Crippen molar-refractivity contribution >= 4 is 22.7 Å². The molecule has 0 saturated carbocycles. The summed E-state index contributed by atoms with van der Waals surface area (Å²) in [6, 6.07) is 14.1. The topological polar surface area (TPSA) is 64.7 Å². The van der Waals surface area contributed by atoms with E-state index in [1.807, 2.05) is 50.2 Å². The second kappa shape index (κ2) is 6.05. The van der Waals surface area contributed by atoms with Crippen LogP contribution in [0.3, 0.4) is 0 Å². The molecule has 5 nitrogen and oxygen atoms in total. The fourth-order valence-corrected chi connectivity index (χ4v) is 3.12. The first-order valence-electron chi connectivity index (χ1n) is 7.49. The molecule has 0 bridgehead atoms. The number of hydrogen-bond donors (Lipinski definition) is 0. The SMILES string of the molecule is Cc1ccc(-c2nnc(Sc3ncnc4ccc(C)cc34)o2)cc1. The van der Waals surface area contributed by atoms with E-state index in [1.54, 1.807) is 6.33 Å². The predicted octanol–water partition coefficient (Wildman–Crippen LogP) is 4.45. The van der Waals surface area contributed by atoms with Gasteiger partial charge in [0, 0.05) is 10.9 Å². The van der Waals surface area contributed by atoms with Crippen LogP contribution in [0.15, 0.2) is 63.5 Å². The summed E-state index contributed by atoms with van der Waals surface area (Å²) in [5, 5.41) is 10.5. The summed E-state index contributed by atoms with van der Waals surface area (Å²) < 4.78 is 5.77. The van der Waals surface area contributed by atoms with E-state index in [2.05, 4.69) is 26.2 Å². The van der Waals surface area contributed by atoms with E-state index >= 15 is 0 Å². The smallest absolute Gasteiger partial charge is 0.283 e. The zero-order valence-corrected chi connectivity index (χ0v) is 14.0. The molecule has 0 aliphatic rings. The van der Waals surface area contributed by atoms with Crippen molar-refractivity contribution in [3.05, 3.63) is 59.9 Å². The molecule has 2 heterocycles. The number of nitrogens with zero attached hydrogens (tertiary/aromatic N) is 4. The van der Waals surface area contributed by atoms with Crippen molar-refractivity contribution in [2.45, 2.75) is 24.1 Å². The Morgan fingerprint density at radius 2 is 1.67 bits per heavy atom. The average molecular weight is 334 g/mol.